The maximum absolute atomic E-state index is 14.0. The van der Waals surface area contributed by atoms with Crippen LogP contribution >= 0.6 is 22.9 Å². The Bertz CT molecular complexity index is 2990. The first-order valence-corrected chi connectivity index (χ1v) is 30.4. The van der Waals surface area contributed by atoms with Crippen LogP contribution in [-0.4, -0.2) is 183 Å². The molecule has 85 heavy (non-hydrogen) atoms. The number of carbonyl (C=O) groups is 4. The number of aromatic nitrogens is 4. The second kappa shape index (κ2) is 34.1. The maximum Gasteiger partial charge on any atom is 0.325 e. The van der Waals surface area contributed by atoms with E-state index in [4.69, 9.17) is 40.0 Å². The van der Waals surface area contributed by atoms with Crippen LogP contribution < -0.4 is 30.2 Å². The highest BCUT2D eigenvalue weighted by molar-refractivity contribution is 7.14. The van der Waals surface area contributed by atoms with Crippen LogP contribution in [0.3, 0.4) is 0 Å². The number of carbonyl (C=O) groups excluding carboxylic acids is 4. The molecule has 21 nitrogen and oxygen atoms in total. The fourth-order valence-corrected chi connectivity index (χ4v) is 10.3. The summed E-state index contributed by atoms with van der Waals surface area (Å²) in [6.07, 6.45) is 7.20. The molecule has 2 aliphatic rings. The van der Waals surface area contributed by atoms with Crippen molar-refractivity contribution in [3.8, 4) is 17.2 Å². The van der Waals surface area contributed by atoms with E-state index < -0.39 is 12.1 Å². The van der Waals surface area contributed by atoms with E-state index in [1.807, 2.05) is 84.9 Å². The van der Waals surface area contributed by atoms with Gasteiger partial charge in [-0.2, -0.15) is 0 Å². The number of nitrogens with zero attached hydrogens (tertiary/aromatic N) is 8. The molecule has 3 N–H and O–H groups in total. The molecule has 1 aliphatic heterocycles. The van der Waals surface area contributed by atoms with E-state index in [1.54, 1.807) is 52.4 Å². The van der Waals surface area contributed by atoms with Crippen molar-refractivity contribution in [1.29, 1.82) is 0 Å². The summed E-state index contributed by atoms with van der Waals surface area (Å²) in [6.45, 7) is 9.70. The van der Waals surface area contributed by atoms with Gasteiger partial charge in [0.25, 0.3) is 0 Å². The Morgan fingerprint density at radius 3 is 2.19 bits per heavy atom. The molecule has 3 heterocycles. The first kappa shape index (κ1) is 63.8. The van der Waals surface area contributed by atoms with E-state index in [0.29, 0.717) is 125 Å². The van der Waals surface area contributed by atoms with Crippen molar-refractivity contribution in [3.63, 3.8) is 0 Å². The Balaban J connectivity index is 0.604. The standard InChI is InChI=1S/C62H80ClN11O10S/c1-70(26-4-5-33-83-55-18-9-46(10-19-55)11-24-57(75)74(53-16-17-53)59(48-12-20-54(79-3)21-13-48)60(77)64-43-47-7-6-8-49(63)41-47)31-35-81-38-37-80-34-25-51-44-73(69-68-51)32-36-82-39-40-84-56-22-14-50(15-23-56)65-61(78)67-62-66-52(45-85-62)42-58(76)72-29-27-71(2)28-30-72/h6-10,12-15,18-23,41,44-45,53,59H,4-5,11,16-17,24-40,42-43H2,1-3H3,(H,64,77)(H2,65,66,67,78). The highest BCUT2D eigenvalue weighted by atomic mass is 35.5. The molecule has 23 heteroatoms. The SMILES string of the molecule is COc1ccc(C(C(=O)NCc2cccc(Cl)c2)N(C(=O)CCc2ccc(OCCCCN(C)CCOCCOCCc3cn(CCOCCOc4ccc(NC(=O)Nc5nc(CC(=O)N6CCN(C)CC6)cs5)cc4)nn3)cc2)C2CC2)cc1. The lowest BCUT2D eigenvalue weighted by Crippen LogP contribution is -2.47. The van der Waals surface area contributed by atoms with Gasteiger partial charge in [-0.25, -0.2) is 14.5 Å². The van der Waals surface area contributed by atoms with Gasteiger partial charge in [-0.3, -0.25) is 19.7 Å². The predicted octanol–water partition coefficient (Wildman–Crippen LogP) is 7.80. The number of anilines is 2. The molecule has 1 atom stereocenters. The van der Waals surface area contributed by atoms with Crippen LogP contribution in [0.15, 0.2) is 109 Å². The van der Waals surface area contributed by atoms with Crippen molar-refractivity contribution in [2.24, 2.45) is 0 Å². The van der Waals surface area contributed by atoms with Gasteiger partial charge in [0.05, 0.1) is 77.7 Å². The number of benzene rings is 4. The summed E-state index contributed by atoms with van der Waals surface area (Å²) in [5, 5.41) is 19.9. The number of rotatable bonds is 36. The summed E-state index contributed by atoms with van der Waals surface area (Å²) in [5.74, 6) is 1.87. The van der Waals surface area contributed by atoms with E-state index in [1.165, 1.54) is 11.3 Å². The lowest BCUT2D eigenvalue weighted by molar-refractivity contribution is -0.141. The smallest absolute Gasteiger partial charge is 0.325 e. The molecule has 1 saturated heterocycles. The molecular weight excluding hydrogens is 1130 g/mol. The minimum absolute atomic E-state index is 0.00638. The molecule has 1 aliphatic carbocycles. The number of thiazole rings is 1. The molecular formula is C62H80ClN11O10S. The van der Waals surface area contributed by atoms with E-state index in [2.05, 4.69) is 48.1 Å². The number of halogens is 1. The fraction of sp³-hybridized carbons (Fsp3) is 0.468. The number of methoxy groups -OCH3 is 1. The fourth-order valence-electron chi connectivity index (χ4n) is 9.41. The first-order valence-electron chi connectivity index (χ1n) is 29.2. The number of unbranched alkanes of at least 4 members (excludes halogenated alkanes) is 1. The van der Waals surface area contributed by atoms with Crippen LogP contribution in [0.5, 0.6) is 17.2 Å². The van der Waals surface area contributed by atoms with Crippen molar-refractivity contribution in [2.45, 2.75) is 76.5 Å². The van der Waals surface area contributed by atoms with Crippen LogP contribution in [0.25, 0.3) is 0 Å². The van der Waals surface area contributed by atoms with Gasteiger partial charge in [0.15, 0.2) is 5.13 Å². The third kappa shape index (κ3) is 22.0. The second-order valence-electron chi connectivity index (χ2n) is 21.1. The zero-order chi connectivity index (χ0) is 59.6. The van der Waals surface area contributed by atoms with Gasteiger partial charge in [-0.15, -0.1) is 16.4 Å². The second-order valence-corrected chi connectivity index (χ2v) is 22.4. The number of hydrogen-bond acceptors (Lipinski definition) is 16. The molecule has 0 radical (unpaired) electrons. The molecule has 1 saturated carbocycles. The van der Waals surface area contributed by atoms with Gasteiger partial charge in [0, 0.05) is 80.4 Å². The van der Waals surface area contributed by atoms with Crippen molar-refractivity contribution in [3.05, 3.63) is 142 Å². The minimum atomic E-state index is -0.777. The van der Waals surface area contributed by atoms with Gasteiger partial charge < -0.3 is 58.7 Å². The summed E-state index contributed by atoms with van der Waals surface area (Å²) >= 11 is 7.48. The molecule has 0 bridgehead atoms. The van der Waals surface area contributed by atoms with Gasteiger partial charge in [-0.1, -0.05) is 53.2 Å². The van der Waals surface area contributed by atoms with Crippen molar-refractivity contribution in [2.75, 3.05) is 124 Å². The Morgan fingerprint density at radius 1 is 0.741 bits per heavy atom. The number of nitrogens with one attached hydrogen (secondary N) is 3. The van der Waals surface area contributed by atoms with Crippen molar-refractivity contribution < 1.29 is 47.6 Å². The molecule has 8 rings (SSSR count). The molecule has 456 valence electrons. The maximum atomic E-state index is 14.0. The number of ether oxygens (including phenoxy) is 6. The topological polar surface area (TPSA) is 216 Å². The van der Waals surface area contributed by atoms with Crippen molar-refractivity contribution in [1.82, 2.24) is 44.9 Å². The van der Waals surface area contributed by atoms with Crippen LogP contribution in [0.2, 0.25) is 5.02 Å². The van der Waals surface area contributed by atoms with E-state index in [0.717, 1.165) is 80.0 Å². The van der Waals surface area contributed by atoms with Crippen LogP contribution in [0, 0.1) is 0 Å². The van der Waals surface area contributed by atoms with Gasteiger partial charge >= 0.3 is 6.03 Å². The van der Waals surface area contributed by atoms with E-state index in [-0.39, 0.29) is 36.6 Å². The average molecular weight is 1210 g/mol. The van der Waals surface area contributed by atoms with Gasteiger partial charge in [0.2, 0.25) is 17.7 Å². The summed E-state index contributed by atoms with van der Waals surface area (Å²) in [4.78, 5) is 65.7. The highest BCUT2D eigenvalue weighted by Crippen LogP contribution is 2.36. The monoisotopic (exact) mass is 1210 g/mol. The minimum Gasteiger partial charge on any atom is -0.497 e. The van der Waals surface area contributed by atoms with Crippen LogP contribution in [-0.2, 0) is 60.9 Å². The third-order valence-electron chi connectivity index (χ3n) is 14.4. The van der Waals surface area contributed by atoms with Gasteiger partial charge in [0.1, 0.15) is 29.9 Å². The third-order valence-corrected chi connectivity index (χ3v) is 15.4. The number of amides is 5. The Kier molecular flexibility index (Phi) is 25.6. The molecule has 4 aromatic carbocycles. The average Bonchev–Trinajstić information content (AvgIpc) is 3.63. The molecule has 2 fully saturated rings. The number of likely N-dealkylation sites (N-methyl/N-ethyl adjacent to an activating group) is 2. The number of piperazine rings is 1. The molecule has 0 spiro atoms. The predicted molar refractivity (Wildman–Crippen MR) is 327 cm³/mol. The summed E-state index contributed by atoms with van der Waals surface area (Å²) < 4.78 is 36.3. The largest absolute Gasteiger partial charge is 0.497 e. The van der Waals surface area contributed by atoms with E-state index >= 15 is 0 Å². The van der Waals surface area contributed by atoms with Crippen molar-refractivity contribution >= 4 is 57.5 Å². The molecule has 5 amide bonds. The number of aryl methyl sites for hydroxylation is 1. The zero-order valence-corrected chi connectivity index (χ0v) is 50.5. The summed E-state index contributed by atoms with van der Waals surface area (Å²) in [5.41, 5.74) is 4.72. The number of hydrogen-bond donors (Lipinski definition) is 3. The lowest BCUT2D eigenvalue weighted by Gasteiger charge is -2.32. The van der Waals surface area contributed by atoms with Crippen LogP contribution in [0.4, 0.5) is 15.6 Å². The summed E-state index contributed by atoms with van der Waals surface area (Å²) in [7, 11) is 5.74. The van der Waals surface area contributed by atoms with E-state index in [9.17, 15) is 19.2 Å². The quantitative estimate of drug-likeness (QED) is 0.0320. The lowest BCUT2D eigenvalue weighted by atomic mass is 10.0. The number of urea groups is 1. The Labute approximate surface area is 507 Å². The highest BCUT2D eigenvalue weighted by Gasteiger charge is 2.41. The van der Waals surface area contributed by atoms with Gasteiger partial charge in [-0.05, 0) is 130 Å². The zero-order valence-electron chi connectivity index (χ0n) is 49.0. The molecule has 2 aromatic heterocycles. The normalized spacial score (nSPS) is 13.8. The van der Waals surface area contributed by atoms with Crippen LogP contribution in [0.1, 0.15) is 66.2 Å². The molecule has 6 aromatic rings. The Hall–Kier alpha value is -7.18. The first-order chi connectivity index (χ1) is 41.4. The summed E-state index contributed by atoms with van der Waals surface area (Å²) in [6, 6.07) is 28.5. The Morgan fingerprint density at radius 2 is 1.45 bits per heavy atom. The molecule has 1 unspecified atom stereocenters.